The number of carbonyl (C=O) groups excluding carboxylic acids is 1. The van der Waals surface area contributed by atoms with Crippen LogP contribution in [0, 0.1) is 5.82 Å². The Bertz CT molecular complexity index is 1150. The van der Waals surface area contributed by atoms with E-state index in [1.807, 2.05) is 13.8 Å². The molecular weight excluding hydrogens is 383 g/mol. The number of furan rings is 1. The van der Waals surface area contributed by atoms with Crippen LogP contribution in [-0.2, 0) is 10.0 Å². The molecule has 0 radical (unpaired) electrons. The number of rotatable bonds is 5. The molecule has 2 aromatic carbocycles. The smallest absolute Gasteiger partial charge is 0.255 e. The summed E-state index contributed by atoms with van der Waals surface area (Å²) >= 11 is 0. The Kier molecular flexibility index (Phi) is 5.16. The first-order valence-electron chi connectivity index (χ1n) is 8.67. The molecule has 1 amide bonds. The lowest BCUT2D eigenvalue weighted by Gasteiger charge is -2.14. The van der Waals surface area contributed by atoms with Crippen LogP contribution in [0.3, 0.4) is 0 Å². The number of hydrogen-bond donors (Lipinski definition) is 2. The van der Waals surface area contributed by atoms with Crippen LogP contribution < -0.4 is 10.0 Å². The first-order valence-corrected chi connectivity index (χ1v) is 10.6. The van der Waals surface area contributed by atoms with Crippen LogP contribution in [0.4, 0.5) is 10.1 Å². The minimum absolute atomic E-state index is 0.00430. The Hall–Kier alpha value is -2.87. The molecule has 0 fully saturated rings. The largest absolute Gasteiger partial charge is 0.455 e. The van der Waals surface area contributed by atoms with Gasteiger partial charge < -0.3 is 9.73 Å². The van der Waals surface area contributed by atoms with Crippen molar-refractivity contribution in [3.05, 3.63) is 53.3 Å². The third kappa shape index (κ3) is 3.87. The van der Waals surface area contributed by atoms with Crippen LogP contribution in [0.5, 0.6) is 0 Å². The standard InChI is InChI=1S/C20H21FN2O4S/c1-11(2)14-9-15-17(10-16(14)23-28(4,25)26)27-19(18(15)20(24)22-3)12-5-7-13(21)8-6-12/h5-11,23H,1-4H3,(H,22,24). The van der Waals surface area contributed by atoms with Crippen molar-refractivity contribution >= 4 is 32.6 Å². The molecule has 0 saturated heterocycles. The second-order valence-electron chi connectivity index (χ2n) is 6.86. The van der Waals surface area contributed by atoms with Crippen LogP contribution in [0.1, 0.15) is 35.7 Å². The SMILES string of the molecule is CNC(=O)c1c(-c2ccc(F)cc2)oc2cc(NS(C)(=O)=O)c(C(C)C)cc12. The number of amides is 1. The van der Waals surface area contributed by atoms with Crippen LogP contribution in [-0.4, -0.2) is 27.6 Å². The van der Waals surface area contributed by atoms with Crippen LogP contribution in [0.25, 0.3) is 22.3 Å². The van der Waals surface area contributed by atoms with Crippen molar-refractivity contribution < 1.29 is 22.0 Å². The van der Waals surface area contributed by atoms with Gasteiger partial charge in [-0.15, -0.1) is 0 Å². The first kappa shape index (κ1) is 19.9. The summed E-state index contributed by atoms with van der Waals surface area (Å²) in [5.41, 5.74) is 2.34. The molecule has 2 N–H and O–H groups in total. The highest BCUT2D eigenvalue weighted by molar-refractivity contribution is 7.92. The van der Waals surface area contributed by atoms with E-state index in [0.29, 0.717) is 33.5 Å². The van der Waals surface area contributed by atoms with E-state index in [1.54, 1.807) is 12.1 Å². The van der Waals surface area contributed by atoms with Gasteiger partial charge in [0.1, 0.15) is 17.2 Å². The van der Waals surface area contributed by atoms with Gasteiger partial charge in [-0.1, -0.05) is 13.8 Å². The van der Waals surface area contributed by atoms with Crippen molar-refractivity contribution in [2.24, 2.45) is 0 Å². The highest BCUT2D eigenvalue weighted by atomic mass is 32.2. The van der Waals surface area contributed by atoms with Gasteiger partial charge in [-0.2, -0.15) is 0 Å². The number of sulfonamides is 1. The van der Waals surface area contributed by atoms with Gasteiger partial charge in [0.05, 0.1) is 17.5 Å². The molecule has 148 valence electrons. The fraction of sp³-hybridized carbons (Fsp3) is 0.250. The predicted octanol–water partition coefficient (Wildman–Crippen LogP) is 4.09. The molecular formula is C20H21FN2O4S. The lowest BCUT2D eigenvalue weighted by atomic mass is 9.97. The van der Waals surface area contributed by atoms with Crippen LogP contribution >= 0.6 is 0 Å². The molecule has 0 saturated carbocycles. The minimum Gasteiger partial charge on any atom is -0.455 e. The van der Waals surface area contributed by atoms with Gasteiger partial charge in [0.15, 0.2) is 0 Å². The number of carbonyl (C=O) groups is 1. The number of halogens is 1. The molecule has 0 aliphatic heterocycles. The van der Waals surface area contributed by atoms with E-state index in [2.05, 4.69) is 10.0 Å². The molecule has 0 aliphatic carbocycles. The predicted molar refractivity (Wildman–Crippen MR) is 108 cm³/mol. The Labute approximate surface area is 162 Å². The monoisotopic (exact) mass is 404 g/mol. The molecule has 0 bridgehead atoms. The Morgan fingerprint density at radius 1 is 1.14 bits per heavy atom. The molecule has 0 spiro atoms. The second kappa shape index (κ2) is 7.27. The fourth-order valence-electron chi connectivity index (χ4n) is 3.08. The van der Waals surface area contributed by atoms with E-state index in [0.717, 1.165) is 11.8 Å². The second-order valence-corrected chi connectivity index (χ2v) is 8.61. The van der Waals surface area contributed by atoms with E-state index in [-0.39, 0.29) is 11.8 Å². The topological polar surface area (TPSA) is 88.4 Å². The average Bonchev–Trinajstić information content (AvgIpc) is 2.97. The Morgan fingerprint density at radius 2 is 1.79 bits per heavy atom. The maximum Gasteiger partial charge on any atom is 0.255 e. The summed E-state index contributed by atoms with van der Waals surface area (Å²) in [6, 6.07) is 8.95. The number of anilines is 1. The molecule has 8 heteroatoms. The highest BCUT2D eigenvalue weighted by Gasteiger charge is 2.24. The van der Waals surface area contributed by atoms with E-state index in [9.17, 15) is 17.6 Å². The van der Waals surface area contributed by atoms with Crippen LogP contribution in [0.2, 0.25) is 0 Å². The summed E-state index contributed by atoms with van der Waals surface area (Å²) in [6.45, 7) is 3.85. The van der Waals surface area contributed by atoms with Crippen molar-refractivity contribution in [3.8, 4) is 11.3 Å². The van der Waals surface area contributed by atoms with Gasteiger partial charge in [-0.05, 0) is 41.8 Å². The molecule has 0 aliphatic rings. The lowest BCUT2D eigenvalue weighted by molar-refractivity contribution is 0.0964. The van der Waals surface area contributed by atoms with Crippen molar-refractivity contribution in [2.45, 2.75) is 19.8 Å². The normalized spacial score (nSPS) is 11.8. The number of hydrogen-bond acceptors (Lipinski definition) is 4. The lowest BCUT2D eigenvalue weighted by Crippen LogP contribution is -2.18. The number of fused-ring (bicyclic) bond motifs is 1. The van der Waals surface area contributed by atoms with Gasteiger partial charge in [-0.25, -0.2) is 12.8 Å². The molecule has 3 aromatic rings. The average molecular weight is 404 g/mol. The van der Waals surface area contributed by atoms with Crippen molar-refractivity contribution in [1.82, 2.24) is 5.32 Å². The van der Waals surface area contributed by atoms with Crippen molar-refractivity contribution in [1.29, 1.82) is 0 Å². The fourth-order valence-corrected chi connectivity index (χ4v) is 3.66. The van der Waals surface area contributed by atoms with Gasteiger partial charge in [0, 0.05) is 24.1 Å². The maximum atomic E-state index is 13.3. The quantitative estimate of drug-likeness (QED) is 0.670. The van der Waals surface area contributed by atoms with Gasteiger partial charge in [-0.3, -0.25) is 9.52 Å². The summed E-state index contributed by atoms with van der Waals surface area (Å²) < 4.78 is 45.2. The van der Waals surface area contributed by atoms with Crippen molar-refractivity contribution in [2.75, 3.05) is 18.0 Å². The number of benzene rings is 2. The molecule has 28 heavy (non-hydrogen) atoms. The van der Waals surface area contributed by atoms with Crippen molar-refractivity contribution in [3.63, 3.8) is 0 Å². The molecule has 1 aromatic heterocycles. The van der Waals surface area contributed by atoms with Crippen LogP contribution in [0.15, 0.2) is 40.8 Å². The van der Waals surface area contributed by atoms with E-state index in [4.69, 9.17) is 4.42 Å². The van der Waals surface area contributed by atoms with E-state index < -0.39 is 15.8 Å². The third-order valence-corrected chi connectivity index (χ3v) is 4.93. The third-order valence-electron chi connectivity index (χ3n) is 4.34. The zero-order valence-electron chi connectivity index (χ0n) is 16.0. The minimum atomic E-state index is -3.50. The molecule has 6 nitrogen and oxygen atoms in total. The van der Waals surface area contributed by atoms with Gasteiger partial charge >= 0.3 is 0 Å². The number of nitrogens with one attached hydrogen (secondary N) is 2. The summed E-state index contributed by atoms with van der Waals surface area (Å²) in [5.74, 6) is -0.462. The molecule has 0 unspecified atom stereocenters. The highest BCUT2D eigenvalue weighted by Crippen LogP contribution is 2.38. The Morgan fingerprint density at radius 3 is 2.32 bits per heavy atom. The molecule has 3 rings (SSSR count). The van der Waals surface area contributed by atoms with Gasteiger partial charge in [0.25, 0.3) is 5.91 Å². The first-order chi connectivity index (χ1) is 13.1. The maximum absolute atomic E-state index is 13.3. The van der Waals surface area contributed by atoms with E-state index >= 15 is 0 Å². The van der Waals surface area contributed by atoms with E-state index in [1.165, 1.54) is 31.3 Å². The van der Waals surface area contributed by atoms with Gasteiger partial charge in [0.2, 0.25) is 10.0 Å². The zero-order chi connectivity index (χ0) is 20.6. The summed E-state index contributed by atoms with van der Waals surface area (Å²) in [5, 5.41) is 3.15. The molecule has 1 heterocycles. The Balaban J connectivity index is 2.33. The summed E-state index contributed by atoms with van der Waals surface area (Å²) in [4.78, 5) is 12.6. The summed E-state index contributed by atoms with van der Waals surface area (Å²) in [7, 11) is -1.98. The molecule has 0 atom stereocenters. The summed E-state index contributed by atoms with van der Waals surface area (Å²) in [6.07, 6.45) is 1.07. The zero-order valence-corrected chi connectivity index (χ0v) is 16.8.